The third kappa shape index (κ3) is 3.61. The van der Waals surface area contributed by atoms with Crippen LogP contribution >= 0.6 is 0 Å². The lowest BCUT2D eigenvalue weighted by molar-refractivity contribution is 0.0698. The summed E-state index contributed by atoms with van der Waals surface area (Å²) in [6.45, 7) is 2.15. The summed E-state index contributed by atoms with van der Waals surface area (Å²) in [6.07, 6.45) is 2.56. The second kappa shape index (κ2) is 5.93. The highest BCUT2D eigenvalue weighted by molar-refractivity contribution is 5.97. The molecule has 0 heterocycles. The normalized spacial score (nSPS) is 14.4. The number of anilines is 2. The van der Waals surface area contributed by atoms with Gasteiger partial charge in [0.15, 0.2) is 0 Å². The Kier molecular flexibility index (Phi) is 4.27. The lowest BCUT2D eigenvalue weighted by Crippen LogP contribution is -2.24. The van der Waals surface area contributed by atoms with E-state index in [-0.39, 0.29) is 5.56 Å². The first-order chi connectivity index (χ1) is 9.09. The lowest BCUT2D eigenvalue weighted by Gasteiger charge is -2.21. The molecule has 1 aromatic carbocycles. The minimum atomic E-state index is -1.00. The molecule has 1 aromatic rings. The van der Waals surface area contributed by atoms with E-state index in [2.05, 4.69) is 0 Å². The van der Waals surface area contributed by atoms with Gasteiger partial charge in [-0.05, 0) is 30.9 Å². The summed E-state index contributed by atoms with van der Waals surface area (Å²) in [5.41, 5.74) is 7.06. The molecular weight excluding hydrogens is 244 g/mol. The molecule has 0 aromatic heterocycles. The molecule has 0 aliphatic heterocycles. The van der Waals surface area contributed by atoms with Crippen LogP contribution in [0.3, 0.4) is 0 Å². The molecule has 5 heteroatoms. The molecule has 2 rings (SSSR count). The third-order valence-electron chi connectivity index (χ3n) is 3.35. The van der Waals surface area contributed by atoms with Crippen molar-refractivity contribution >= 4 is 17.3 Å². The number of rotatable bonds is 7. The Morgan fingerprint density at radius 2 is 2.26 bits per heavy atom. The SMILES string of the molecule is CN(CCOCC1CC1)c1cccc(C(=O)O)c1N. The zero-order valence-corrected chi connectivity index (χ0v) is 11.1. The van der Waals surface area contributed by atoms with Gasteiger partial charge in [-0.3, -0.25) is 0 Å². The summed E-state index contributed by atoms with van der Waals surface area (Å²) in [6, 6.07) is 5.04. The average molecular weight is 264 g/mol. The minimum Gasteiger partial charge on any atom is -0.478 e. The number of hydrogen-bond acceptors (Lipinski definition) is 4. The van der Waals surface area contributed by atoms with Gasteiger partial charge in [0.2, 0.25) is 0 Å². The van der Waals surface area contributed by atoms with Crippen LogP contribution in [0, 0.1) is 5.92 Å². The van der Waals surface area contributed by atoms with Gasteiger partial charge in [-0.25, -0.2) is 4.79 Å². The fraction of sp³-hybridized carbons (Fsp3) is 0.500. The van der Waals surface area contributed by atoms with Crippen molar-refractivity contribution in [2.24, 2.45) is 5.92 Å². The van der Waals surface area contributed by atoms with E-state index in [9.17, 15) is 4.79 Å². The van der Waals surface area contributed by atoms with Crippen molar-refractivity contribution < 1.29 is 14.6 Å². The van der Waals surface area contributed by atoms with Crippen molar-refractivity contribution in [2.75, 3.05) is 37.4 Å². The van der Waals surface area contributed by atoms with E-state index in [1.807, 2.05) is 18.0 Å². The van der Waals surface area contributed by atoms with Crippen LogP contribution in [0.5, 0.6) is 0 Å². The fourth-order valence-corrected chi connectivity index (χ4v) is 1.93. The fourth-order valence-electron chi connectivity index (χ4n) is 1.93. The number of ether oxygens (including phenoxy) is 1. The Morgan fingerprint density at radius 3 is 2.89 bits per heavy atom. The van der Waals surface area contributed by atoms with Crippen molar-refractivity contribution in [1.82, 2.24) is 0 Å². The molecule has 0 saturated heterocycles. The first-order valence-electron chi connectivity index (χ1n) is 6.50. The van der Waals surface area contributed by atoms with Gasteiger partial charge >= 0.3 is 5.97 Å². The minimum absolute atomic E-state index is 0.142. The summed E-state index contributed by atoms with van der Waals surface area (Å²) >= 11 is 0. The van der Waals surface area contributed by atoms with E-state index in [0.717, 1.165) is 18.2 Å². The maximum atomic E-state index is 11.0. The van der Waals surface area contributed by atoms with E-state index in [4.69, 9.17) is 15.6 Å². The monoisotopic (exact) mass is 264 g/mol. The molecule has 0 amide bonds. The van der Waals surface area contributed by atoms with E-state index in [0.29, 0.717) is 18.8 Å². The van der Waals surface area contributed by atoms with Gasteiger partial charge < -0.3 is 20.5 Å². The molecule has 5 nitrogen and oxygen atoms in total. The number of carboxylic acid groups (broad SMARTS) is 1. The van der Waals surface area contributed by atoms with Gasteiger partial charge in [0.1, 0.15) is 0 Å². The summed E-state index contributed by atoms with van der Waals surface area (Å²) in [5.74, 6) is -0.247. The molecule has 1 aliphatic rings. The highest BCUT2D eigenvalue weighted by Crippen LogP contribution is 2.29. The van der Waals surface area contributed by atoms with E-state index in [1.165, 1.54) is 18.9 Å². The number of carbonyl (C=O) groups is 1. The second-order valence-electron chi connectivity index (χ2n) is 4.98. The van der Waals surface area contributed by atoms with Crippen molar-refractivity contribution in [3.05, 3.63) is 23.8 Å². The topological polar surface area (TPSA) is 75.8 Å². The van der Waals surface area contributed by atoms with Crippen LogP contribution < -0.4 is 10.6 Å². The van der Waals surface area contributed by atoms with Gasteiger partial charge in [0, 0.05) is 20.2 Å². The lowest BCUT2D eigenvalue weighted by atomic mass is 10.1. The number of carboxylic acids is 1. The van der Waals surface area contributed by atoms with E-state index < -0.39 is 5.97 Å². The summed E-state index contributed by atoms with van der Waals surface area (Å²) < 4.78 is 5.57. The van der Waals surface area contributed by atoms with Crippen molar-refractivity contribution in [2.45, 2.75) is 12.8 Å². The van der Waals surface area contributed by atoms with Gasteiger partial charge in [-0.15, -0.1) is 0 Å². The number of nitrogens with zero attached hydrogens (tertiary/aromatic N) is 1. The molecule has 3 N–H and O–H groups in total. The first-order valence-corrected chi connectivity index (χ1v) is 6.50. The maximum absolute atomic E-state index is 11.0. The molecule has 0 spiro atoms. The smallest absolute Gasteiger partial charge is 0.337 e. The standard InChI is InChI=1S/C14H20N2O3/c1-16(7-8-19-9-10-5-6-10)12-4-2-3-11(13(12)15)14(17)18/h2-4,10H,5-9,15H2,1H3,(H,17,18). The number of nitrogen functional groups attached to an aromatic ring is 1. The molecule has 1 saturated carbocycles. The number of para-hydroxylation sites is 1. The second-order valence-corrected chi connectivity index (χ2v) is 4.98. The summed E-state index contributed by atoms with van der Waals surface area (Å²) in [4.78, 5) is 12.9. The van der Waals surface area contributed by atoms with Crippen molar-refractivity contribution in [3.8, 4) is 0 Å². The Morgan fingerprint density at radius 1 is 1.53 bits per heavy atom. The Bertz CT molecular complexity index is 458. The Labute approximate surface area is 113 Å². The van der Waals surface area contributed by atoms with Crippen LogP contribution in [-0.4, -0.2) is 37.9 Å². The van der Waals surface area contributed by atoms with Gasteiger partial charge in [-0.1, -0.05) is 6.07 Å². The molecule has 104 valence electrons. The van der Waals surface area contributed by atoms with Crippen molar-refractivity contribution in [1.29, 1.82) is 0 Å². The Hall–Kier alpha value is -1.75. The largest absolute Gasteiger partial charge is 0.478 e. The number of benzene rings is 1. The highest BCUT2D eigenvalue weighted by atomic mass is 16.5. The number of aromatic carboxylic acids is 1. The average Bonchev–Trinajstić information content (AvgIpc) is 3.18. The van der Waals surface area contributed by atoms with E-state index in [1.54, 1.807) is 6.07 Å². The quantitative estimate of drug-likeness (QED) is 0.580. The van der Waals surface area contributed by atoms with Gasteiger partial charge in [0.05, 0.1) is 23.5 Å². The van der Waals surface area contributed by atoms with Crippen LogP contribution in [0.1, 0.15) is 23.2 Å². The van der Waals surface area contributed by atoms with Crippen LogP contribution in [0.15, 0.2) is 18.2 Å². The number of nitrogens with two attached hydrogens (primary N) is 1. The molecule has 0 radical (unpaired) electrons. The molecule has 1 aliphatic carbocycles. The zero-order valence-electron chi connectivity index (χ0n) is 11.1. The molecule has 0 bridgehead atoms. The first kappa shape index (κ1) is 13.7. The van der Waals surface area contributed by atoms with Crippen LogP contribution in [0.4, 0.5) is 11.4 Å². The summed E-state index contributed by atoms with van der Waals surface area (Å²) in [7, 11) is 1.89. The molecule has 0 atom stereocenters. The highest BCUT2D eigenvalue weighted by Gasteiger charge is 2.21. The van der Waals surface area contributed by atoms with E-state index >= 15 is 0 Å². The van der Waals surface area contributed by atoms with Crippen LogP contribution in [-0.2, 0) is 4.74 Å². The van der Waals surface area contributed by atoms with Gasteiger partial charge in [0.25, 0.3) is 0 Å². The van der Waals surface area contributed by atoms with Crippen LogP contribution in [0.2, 0.25) is 0 Å². The zero-order chi connectivity index (χ0) is 13.8. The third-order valence-corrected chi connectivity index (χ3v) is 3.35. The summed E-state index contributed by atoms with van der Waals surface area (Å²) in [5, 5.41) is 9.03. The maximum Gasteiger partial charge on any atom is 0.337 e. The molecule has 19 heavy (non-hydrogen) atoms. The number of hydrogen-bond donors (Lipinski definition) is 2. The van der Waals surface area contributed by atoms with Gasteiger partial charge in [-0.2, -0.15) is 0 Å². The predicted octanol–water partition coefficient (Wildman–Crippen LogP) is 1.83. The number of likely N-dealkylation sites (N-methyl/N-ethyl adjacent to an activating group) is 1. The van der Waals surface area contributed by atoms with Crippen LogP contribution in [0.25, 0.3) is 0 Å². The molecular formula is C14H20N2O3. The predicted molar refractivity (Wildman–Crippen MR) is 74.6 cm³/mol. The van der Waals surface area contributed by atoms with Crippen molar-refractivity contribution in [3.63, 3.8) is 0 Å². The Balaban J connectivity index is 1.91. The molecule has 0 unspecified atom stereocenters. The molecule has 1 fully saturated rings.